The highest BCUT2D eigenvalue weighted by Crippen LogP contribution is 2.40. The topological polar surface area (TPSA) is 63.5 Å². The van der Waals surface area contributed by atoms with Crippen LogP contribution in [0.4, 0.5) is 5.69 Å². The first-order valence-corrected chi connectivity index (χ1v) is 12.5. The summed E-state index contributed by atoms with van der Waals surface area (Å²) in [5.74, 6) is 2.97. The second-order valence-electron chi connectivity index (χ2n) is 8.54. The maximum absolute atomic E-state index is 12.9. The molecule has 0 bridgehead atoms. The fraction of sp³-hybridized carbons (Fsp3) is 0.400. The van der Waals surface area contributed by atoms with Gasteiger partial charge in [0.15, 0.2) is 5.16 Å². The van der Waals surface area contributed by atoms with Gasteiger partial charge < -0.3 is 19.1 Å². The Morgan fingerprint density at radius 3 is 2.55 bits per heavy atom. The highest BCUT2D eigenvalue weighted by Gasteiger charge is 2.31. The van der Waals surface area contributed by atoms with Crippen molar-refractivity contribution in [3.8, 4) is 5.75 Å². The molecule has 5 rings (SSSR count). The van der Waals surface area contributed by atoms with E-state index in [1.54, 1.807) is 7.11 Å². The minimum Gasteiger partial charge on any atom is -0.497 e. The lowest BCUT2D eigenvalue weighted by Gasteiger charge is -2.36. The summed E-state index contributed by atoms with van der Waals surface area (Å²) in [5, 5.41) is 9.75. The van der Waals surface area contributed by atoms with Crippen molar-refractivity contribution in [3.05, 3.63) is 66.0 Å². The fourth-order valence-electron chi connectivity index (χ4n) is 4.20. The highest BCUT2D eigenvalue weighted by atomic mass is 32.2. The van der Waals surface area contributed by atoms with Crippen molar-refractivity contribution in [2.75, 3.05) is 43.9 Å². The van der Waals surface area contributed by atoms with Crippen molar-refractivity contribution in [1.29, 1.82) is 0 Å². The van der Waals surface area contributed by atoms with E-state index in [-0.39, 0.29) is 5.91 Å². The first-order chi connectivity index (χ1) is 16.2. The SMILES string of the molecule is COc1cccc(N2CCN(C(=O)CSc3nnc(C4CC4)n3Cc3ccccc3)CC2)c1. The van der Waals surface area contributed by atoms with Gasteiger partial charge in [-0.15, -0.1) is 10.2 Å². The molecule has 0 N–H and O–H groups in total. The standard InChI is InChI=1S/C25H29N5O2S/c1-32-22-9-5-8-21(16-22)28-12-14-29(15-13-28)23(31)18-33-25-27-26-24(20-10-11-20)30(25)17-19-6-3-2-4-7-19/h2-9,16,20H,10-15,17-18H2,1H3. The number of methoxy groups -OCH3 is 1. The molecular weight excluding hydrogens is 434 g/mol. The van der Waals surface area contributed by atoms with E-state index in [0.717, 1.165) is 55.1 Å². The lowest BCUT2D eigenvalue weighted by Crippen LogP contribution is -2.49. The summed E-state index contributed by atoms with van der Waals surface area (Å²) >= 11 is 1.50. The normalized spacial score (nSPS) is 16.2. The van der Waals surface area contributed by atoms with E-state index in [9.17, 15) is 4.79 Å². The quantitative estimate of drug-likeness (QED) is 0.475. The Morgan fingerprint density at radius 1 is 1.03 bits per heavy atom. The Labute approximate surface area is 198 Å². The zero-order chi connectivity index (χ0) is 22.6. The second-order valence-corrected chi connectivity index (χ2v) is 9.49. The van der Waals surface area contributed by atoms with Crippen molar-refractivity contribution in [1.82, 2.24) is 19.7 Å². The van der Waals surface area contributed by atoms with Crippen LogP contribution in [0.5, 0.6) is 5.75 Å². The molecule has 3 aromatic rings. The number of carbonyl (C=O) groups is 1. The Morgan fingerprint density at radius 2 is 1.82 bits per heavy atom. The monoisotopic (exact) mass is 463 g/mol. The van der Waals surface area contributed by atoms with Crippen molar-refractivity contribution < 1.29 is 9.53 Å². The highest BCUT2D eigenvalue weighted by molar-refractivity contribution is 7.99. The summed E-state index contributed by atoms with van der Waals surface area (Å²) < 4.78 is 7.54. The predicted octanol–water partition coefficient (Wildman–Crippen LogP) is 3.65. The van der Waals surface area contributed by atoms with Gasteiger partial charge in [-0.2, -0.15) is 0 Å². The summed E-state index contributed by atoms with van der Waals surface area (Å²) in [7, 11) is 1.68. The Kier molecular flexibility index (Phi) is 6.53. The predicted molar refractivity (Wildman–Crippen MR) is 130 cm³/mol. The number of ether oxygens (including phenoxy) is 1. The number of rotatable bonds is 8. The van der Waals surface area contributed by atoms with E-state index in [1.165, 1.54) is 30.2 Å². The maximum Gasteiger partial charge on any atom is 0.233 e. The van der Waals surface area contributed by atoms with Gasteiger partial charge in [0.05, 0.1) is 19.4 Å². The minimum absolute atomic E-state index is 0.160. The van der Waals surface area contributed by atoms with Gasteiger partial charge in [0, 0.05) is 43.9 Å². The molecule has 1 aliphatic heterocycles. The van der Waals surface area contributed by atoms with Gasteiger partial charge in [-0.05, 0) is 30.5 Å². The van der Waals surface area contributed by atoms with Gasteiger partial charge >= 0.3 is 0 Å². The number of aromatic nitrogens is 3. The van der Waals surface area contributed by atoms with Crippen LogP contribution in [0.3, 0.4) is 0 Å². The number of anilines is 1. The van der Waals surface area contributed by atoms with Crippen LogP contribution in [0.1, 0.15) is 30.1 Å². The van der Waals surface area contributed by atoms with Crippen LogP contribution in [0.15, 0.2) is 59.8 Å². The zero-order valence-electron chi connectivity index (χ0n) is 18.9. The number of benzene rings is 2. The lowest BCUT2D eigenvalue weighted by atomic mass is 10.2. The number of nitrogens with zero attached hydrogens (tertiary/aromatic N) is 5. The first kappa shape index (κ1) is 21.8. The first-order valence-electron chi connectivity index (χ1n) is 11.5. The van der Waals surface area contributed by atoms with Crippen molar-refractivity contribution in [2.24, 2.45) is 0 Å². The summed E-state index contributed by atoms with van der Waals surface area (Å²) in [5.41, 5.74) is 2.36. The zero-order valence-corrected chi connectivity index (χ0v) is 19.7. The van der Waals surface area contributed by atoms with Crippen LogP contribution in [0.2, 0.25) is 0 Å². The van der Waals surface area contributed by atoms with E-state index in [0.29, 0.717) is 11.7 Å². The second kappa shape index (κ2) is 9.87. The molecule has 33 heavy (non-hydrogen) atoms. The molecule has 172 valence electrons. The molecule has 7 nitrogen and oxygen atoms in total. The van der Waals surface area contributed by atoms with Crippen molar-refractivity contribution in [3.63, 3.8) is 0 Å². The minimum atomic E-state index is 0.160. The van der Waals surface area contributed by atoms with Gasteiger partial charge in [0.25, 0.3) is 0 Å². The van der Waals surface area contributed by atoms with E-state index in [1.807, 2.05) is 29.2 Å². The van der Waals surface area contributed by atoms with Crippen LogP contribution >= 0.6 is 11.8 Å². The molecular formula is C25H29N5O2S. The van der Waals surface area contributed by atoms with E-state index < -0.39 is 0 Å². The Balaban J connectivity index is 1.19. The van der Waals surface area contributed by atoms with Crippen LogP contribution in [-0.4, -0.2) is 64.6 Å². The molecule has 0 spiro atoms. The Bertz CT molecular complexity index is 1090. The van der Waals surface area contributed by atoms with Crippen LogP contribution in [0, 0.1) is 0 Å². The fourth-order valence-corrected chi connectivity index (χ4v) is 5.05. The summed E-state index contributed by atoms with van der Waals surface area (Å²) in [4.78, 5) is 17.2. The molecule has 1 aliphatic carbocycles. The molecule has 1 saturated heterocycles. The van der Waals surface area contributed by atoms with Gasteiger partial charge in [-0.25, -0.2) is 0 Å². The molecule has 2 aromatic carbocycles. The lowest BCUT2D eigenvalue weighted by molar-refractivity contribution is -0.128. The maximum atomic E-state index is 12.9. The summed E-state index contributed by atoms with van der Waals surface area (Å²) in [6.45, 7) is 3.83. The number of amides is 1. The molecule has 1 aromatic heterocycles. The van der Waals surface area contributed by atoms with Gasteiger partial charge in [-0.3, -0.25) is 4.79 Å². The van der Waals surface area contributed by atoms with Gasteiger partial charge in [-0.1, -0.05) is 48.2 Å². The number of piperazine rings is 1. The van der Waals surface area contributed by atoms with E-state index in [4.69, 9.17) is 4.74 Å². The molecule has 2 aliphatic rings. The van der Waals surface area contributed by atoms with Crippen molar-refractivity contribution >= 4 is 23.4 Å². The van der Waals surface area contributed by atoms with Crippen LogP contribution < -0.4 is 9.64 Å². The molecule has 0 unspecified atom stereocenters. The summed E-state index contributed by atoms with van der Waals surface area (Å²) in [6.07, 6.45) is 2.35. The van der Waals surface area contributed by atoms with Crippen LogP contribution in [0.25, 0.3) is 0 Å². The smallest absolute Gasteiger partial charge is 0.233 e. The Hall–Kier alpha value is -3.00. The number of carbonyl (C=O) groups excluding carboxylic acids is 1. The molecule has 2 fully saturated rings. The van der Waals surface area contributed by atoms with Crippen molar-refractivity contribution in [2.45, 2.75) is 30.5 Å². The van der Waals surface area contributed by atoms with Gasteiger partial charge in [0.1, 0.15) is 11.6 Å². The third kappa shape index (κ3) is 5.16. The molecule has 1 saturated carbocycles. The molecule has 0 atom stereocenters. The largest absolute Gasteiger partial charge is 0.497 e. The third-order valence-corrected chi connectivity index (χ3v) is 7.20. The number of hydrogen-bond donors (Lipinski definition) is 0. The van der Waals surface area contributed by atoms with E-state index in [2.05, 4.69) is 50.0 Å². The third-order valence-electron chi connectivity index (χ3n) is 6.25. The average Bonchev–Trinajstić information content (AvgIpc) is 3.64. The number of hydrogen-bond acceptors (Lipinski definition) is 6. The van der Waals surface area contributed by atoms with Crippen LogP contribution in [-0.2, 0) is 11.3 Å². The molecule has 1 amide bonds. The molecule has 8 heteroatoms. The van der Waals surface area contributed by atoms with Gasteiger partial charge in [0.2, 0.25) is 5.91 Å². The van der Waals surface area contributed by atoms with E-state index >= 15 is 0 Å². The molecule has 0 radical (unpaired) electrons. The summed E-state index contributed by atoms with van der Waals surface area (Å²) in [6, 6.07) is 18.5. The average molecular weight is 464 g/mol. The number of thioether (sulfide) groups is 1. The molecule has 2 heterocycles.